The Bertz CT molecular complexity index is 683. The van der Waals surface area contributed by atoms with E-state index in [2.05, 4.69) is 5.32 Å². The van der Waals surface area contributed by atoms with Gasteiger partial charge in [0.05, 0.1) is 23.9 Å². The summed E-state index contributed by atoms with van der Waals surface area (Å²) in [4.78, 5) is 13.4. The number of nitrogens with one attached hydrogen (secondary N) is 1. The van der Waals surface area contributed by atoms with Gasteiger partial charge in [0, 0.05) is 24.2 Å². The van der Waals surface area contributed by atoms with Gasteiger partial charge in [0.15, 0.2) is 0 Å². The van der Waals surface area contributed by atoms with Gasteiger partial charge < -0.3 is 20.1 Å². The van der Waals surface area contributed by atoms with E-state index in [1.807, 2.05) is 30.3 Å². The number of halogens is 2. The first-order valence-corrected chi connectivity index (χ1v) is 8.62. The van der Waals surface area contributed by atoms with Gasteiger partial charge in [-0.1, -0.05) is 41.4 Å². The third-order valence-electron chi connectivity index (χ3n) is 3.39. The number of hydrogen-bond acceptors (Lipinski definition) is 4. The number of ether oxygens (including phenoxy) is 1. The fraction of sp³-hybridized carbons (Fsp3) is 0.278. The molecule has 1 saturated heterocycles. The molecular weight excluding hydrogens is 363 g/mol. The number of hydrogen-bond donors (Lipinski definition) is 2. The minimum atomic E-state index is -0.0460. The molecule has 134 valence electrons. The van der Waals surface area contributed by atoms with E-state index >= 15 is 0 Å². The Labute approximate surface area is 157 Å². The van der Waals surface area contributed by atoms with Crippen LogP contribution in [0.25, 0.3) is 0 Å². The van der Waals surface area contributed by atoms with Crippen LogP contribution in [0.1, 0.15) is 0 Å². The van der Waals surface area contributed by atoms with Crippen LogP contribution in [0.15, 0.2) is 48.5 Å². The molecule has 1 heterocycles. The van der Waals surface area contributed by atoms with Gasteiger partial charge in [-0.25, -0.2) is 0 Å². The van der Waals surface area contributed by atoms with Crippen LogP contribution in [-0.4, -0.2) is 43.9 Å². The Hall–Kier alpha value is -1.79. The van der Waals surface area contributed by atoms with Crippen LogP contribution in [0, 0.1) is 0 Å². The van der Waals surface area contributed by atoms with Crippen molar-refractivity contribution in [2.45, 2.75) is 0 Å². The average molecular weight is 383 g/mol. The van der Waals surface area contributed by atoms with Crippen molar-refractivity contribution in [3.63, 3.8) is 0 Å². The molecule has 2 N–H and O–H groups in total. The highest BCUT2D eigenvalue weighted by Gasteiger charge is 2.21. The molecule has 1 amide bonds. The van der Waals surface area contributed by atoms with Gasteiger partial charge in [0.2, 0.25) is 5.91 Å². The highest BCUT2D eigenvalue weighted by molar-refractivity contribution is 6.34. The quantitative estimate of drug-likeness (QED) is 0.852. The van der Waals surface area contributed by atoms with Crippen LogP contribution >= 0.6 is 23.2 Å². The predicted octanol–water partition coefficient (Wildman–Crippen LogP) is 2.99. The zero-order chi connectivity index (χ0) is 18.1. The van der Waals surface area contributed by atoms with E-state index in [-0.39, 0.29) is 19.1 Å². The largest absolute Gasteiger partial charge is 0.491 e. The van der Waals surface area contributed by atoms with Crippen LogP contribution in [0.3, 0.4) is 0 Å². The summed E-state index contributed by atoms with van der Waals surface area (Å²) in [6.07, 6.45) is 0. The third kappa shape index (κ3) is 6.21. The van der Waals surface area contributed by atoms with Crippen LogP contribution in [0.5, 0.6) is 5.75 Å². The molecule has 0 aliphatic carbocycles. The van der Waals surface area contributed by atoms with Crippen molar-refractivity contribution in [3.05, 3.63) is 58.6 Å². The Morgan fingerprint density at radius 2 is 1.92 bits per heavy atom. The Morgan fingerprint density at radius 3 is 2.48 bits per heavy atom. The molecule has 1 aliphatic rings. The molecule has 1 aliphatic heterocycles. The molecule has 2 aromatic rings. The summed E-state index contributed by atoms with van der Waals surface area (Å²) in [5.41, 5.74) is 0.694. The predicted molar refractivity (Wildman–Crippen MR) is 101 cm³/mol. The standard InChI is InChI=1S/C12H15ClN2O3.C6H5Cl/c13-10-7-9(18-6-5-16)1-2-11(10)15-4-3-14-8-12(15)17;7-6-4-2-1-3-5-6/h1-2,7,14,16H,3-6,8H2;1-5H. The lowest BCUT2D eigenvalue weighted by Crippen LogP contribution is -2.48. The van der Waals surface area contributed by atoms with Crippen molar-refractivity contribution in [1.82, 2.24) is 5.32 Å². The summed E-state index contributed by atoms with van der Waals surface area (Å²) >= 11 is 11.7. The molecule has 5 nitrogen and oxygen atoms in total. The average Bonchev–Trinajstić information content (AvgIpc) is 2.62. The molecule has 3 rings (SSSR count). The third-order valence-corrected chi connectivity index (χ3v) is 3.95. The second-order valence-corrected chi connectivity index (χ2v) is 6.05. The minimum absolute atomic E-state index is 0.00664. The van der Waals surface area contributed by atoms with Gasteiger partial charge in [0.1, 0.15) is 12.4 Å². The molecule has 0 radical (unpaired) electrons. The Balaban J connectivity index is 0.000000269. The first kappa shape index (κ1) is 19.5. The second kappa shape index (κ2) is 10.3. The molecule has 0 aromatic heterocycles. The SMILES string of the molecule is Clc1ccccc1.O=C1CNCCN1c1ccc(OCCO)cc1Cl. The van der Waals surface area contributed by atoms with Crippen molar-refractivity contribution in [3.8, 4) is 5.75 Å². The van der Waals surface area contributed by atoms with Crippen molar-refractivity contribution < 1.29 is 14.6 Å². The van der Waals surface area contributed by atoms with E-state index < -0.39 is 0 Å². The number of benzene rings is 2. The highest BCUT2D eigenvalue weighted by atomic mass is 35.5. The summed E-state index contributed by atoms with van der Waals surface area (Å²) in [6, 6.07) is 14.6. The Morgan fingerprint density at radius 1 is 1.16 bits per heavy atom. The van der Waals surface area contributed by atoms with Crippen LogP contribution < -0.4 is 15.0 Å². The molecule has 7 heteroatoms. The highest BCUT2D eigenvalue weighted by Crippen LogP contribution is 2.30. The van der Waals surface area contributed by atoms with Gasteiger partial charge in [-0.15, -0.1) is 0 Å². The summed E-state index contributed by atoms with van der Waals surface area (Å²) in [5, 5.41) is 12.9. The number of aliphatic hydroxyl groups excluding tert-OH is 1. The molecule has 25 heavy (non-hydrogen) atoms. The van der Waals surface area contributed by atoms with Gasteiger partial charge in [0.25, 0.3) is 0 Å². The number of amides is 1. The zero-order valence-electron chi connectivity index (χ0n) is 13.6. The van der Waals surface area contributed by atoms with Gasteiger partial charge in [-0.05, 0) is 24.3 Å². The maximum atomic E-state index is 11.7. The van der Waals surface area contributed by atoms with Crippen LogP contribution in [-0.2, 0) is 4.79 Å². The maximum Gasteiger partial charge on any atom is 0.241 e. The van der Waals surface area contributed by atoms with Crippen molar-refractivity contribution in [2.24, 2.45) is 0 Å². The van der Waals surface area contributed by atoms with Crippen LogP contribution in [0.2, 0.25) is 10.0 Å². The van der Waals surface area contributed by atoms with Crippen molar-refractivity contribution in [2.75, 3.05) is 37.7 Å². The number of rotatable bonds is 4. The minimum Gasteiger partial charge on any atom is -0.491 e. The van der Waals surface area contributed by atoms with E-state index in [0.29, 0.717) is 29.5 Å². The van der Waals surface area contributed by atoms with Crippen molar-refractivity contribution >= 4 is 34.8 Å². The number of anilines is 1. The second-order valence-electron chi connectivity index (χ2n) is 5.20. The number of carbonyl (C=O) groups excluding carboxylic acids is 1. The molecule has 2 aromatic carbocycles. The number of carbonyl (C=O) groups is 1. The van der Waals surface area contributed by atoms with Crippen LogP contribution in [0.4, 0.5) is 5.69 Å². The fourth-order valence-corrected chi connectivity index (χ4v) is 2.65. The lowest BCUT2D eigenvalue weighted by Gasteiger charge is -2.28. The summed E-state index contributed by atoms with van der Waals surface area (Å²) < 4.78 is 5.25. The number of aliphatic hydroxyl groups is 1. The van der Waals surface area contributed by atoms with E-state index in [1.54, 1.807) is 23.1 Å². The normalized spacial score (nSPS) is 13.9. The molecule has 0 atom stereocenters. The van der Waals surface area contributed by atoms with Gasteiger partial charge in [-0.3, -0.25) is 4.79 Å². The molecule has 0 unspecified atom stereocenters. The molecule has 1 fully saturated rings. The molecular formula is C18H20Cl2N2O3. The molecule has 0 saturated carbocycles. The van der Waals surface area contributed by atoms with E-state index in [0.717, 1.165) is 11.6 Å². The first-order valence-electron chi connectivity index (χ1n) is 7.86. The van der Waals surface area contributed by atoms with E-state index in [4.69, 9.17) is 33.0 Å². The van der Waals surface area contributed by atoms with E-state index in [9.17, 15) is 4.79 Å². The smallest absolute Gasteiger partial charge is 0.241 e. The lowest BCUT2D eigenvalue weighted by atomic mass is 10.2. The summed E-state index contributed by atoms with van der Waals surface area (Å²) in [7, 11) is 0. The molecule has 0 bridgehead atoms. The summed E-state index contributed by atoms with van der Waals surface area (Å²) in [5.74, 6) is 0.590. The maximum absolute atomic E-state index is 11.7. The fourth-order valence-electron chi connectivity index (χ4n) is 2.24. The monoisotopic (exact) mass is 382 g/mol. The number of nitrogens with zero attached hydrogens (tertiary/aromatic N) is 1. The lowest BCUT2D eigenvalue weighted by molar-refractivity contribution is -0.118. The first-order chi connectivity index (χ1) is 12.1. The summed E-state index contributed by atoms with van der Waals surface area (Å²) in [6.45, 7) is 1.87. The van der Waals surface area contributed by atoms with Gasteiger partial charge >= 0.3 is 0 Å². The van der Waals surface area contributed by atoms with Gasteiger partial charge in [-0.2, -0.15) is 0 Å². The molecule has 0 spiro atoms. The number of piperazine rings is 1. The topological polar surface area (TPSA) is 61.8 Å². The zero-order valence-corrected chi connectivity index (χ0v) is 15.1. The Kier molecular flexibility index (Phi) is 8.01. The van der Waals surface area contributed by atoms with Crippen molar-refractivity contribution in [1.29, 1.82) is 0 Å². The van der Waals surface area contributed by atoms with E-state index in [1.165, 1.54) is 0 Å².